The molecule has 0 saturated carbocycles. The van der Waals surface area contributed by atoms with Gasteiger partial charge in [-0.2, -0.15) is 4.98 Å². The maximum Gasteiger partial charge on any atom is 0.248 e. The van der Waals surface area contributed by atoms with E-state index >= 15 is 0 Å². The van der Waals surface area contributed by atoms with Crippen LogP contribution in [-0.4, -0.2) is 70.1 Å². The fourth-order valence-electron chi connectivity index (χ4n) is 3.81. The number of hydrogen-bond donors (Lipinski definition) is 1. The van der Waals surface area contributed by atoms with Crippen LogP contribution in [0.25, 0.3) is 5.69 Å². The lowest BCUT2D eigenvalue weighted by Gasteiger charge is -2.42. The van der Waals surface area contributed by atoms with Gasteiger partial charge in [0.05, 0.1) is 30.0 Å². The molecule has 2 fully saturated rings. The van der Waals surface area contributed by atoms with E-state index < -0.39 is 5.82 Å². The summed E-state index contributed by atoms with van der Waals surface area (Å²) in [7, 11) is 0. The Kier molecular flexibility index (Phi) is 5.47. The minimum Gasteiger partial charge on any atom is -0.378 e. The minimum atomic E-state index is -0.501. The van der Waals surface area contributed by atoms with Gasteiger partial charge in [-0.3, -0.25) is 4.90 Å². The van der Waals surface area contributed by atoms with Crippen molar-refractivity contribution in [2.45, 2.75) is 13.0 Å². The van der Waals surface area contributed by atoms with Gasteiger partial charge in [-0.25, -0.2) is 14.1 Å². The SMILES string of the molecule is Cc1cc(Nc2ncn(-c3ccc(Cl)c(F)c3)n2)nc(N2CCN(C3COC3)CC2)c1. The largest absolute Gasteiger partial charge is 0.378 e. The Balaban J connectivity index is 1.28. The van der Waals surface area contributed by atoms with E-state index in [9.17, 15) is 4.39 Å². The highest BCUT2D eigenvalue weighted by Gasteiger charge is 2.29. The molecule has 2 saturated heterocycles. The Hall–Kier alpha value is -2.75. The quantitative estimate of drug-likeness (QED) is 0.649. The van der Waals surface area contributed by atoms with Crippen LogP contribution in [0.15, 0.2) is 36.7 Å². The number of rotatable bonds is 5. The highest BCUT2D eigenvalue weighted by Crippen LogP contribution is 2.23. The monoisotopic (exact) mass is 443 g/mol. The van der Waals surface area contributed by atoms with E-state index in [2.05, 4.69) is 31.3 Å². The average Bonchev–Trinajstić information content (AvgIpc) is 3.17. The first kappa shape index (κ1) is 20.2. The smallest absolute Gasteiger partial charge is 0.248 e. The molecule has 3 aromatic rings. The van der Waals surface area contributed by atoms with Crippen molar-refractivity contribution < 1.29 is 9.13 Å². The third-order valence-corrected chi connectivity index (χ3v) is 5.94. The van der Waals surface area contributed by atoms with Crippen molar-refractivity contribution in [3.05, 3.63) is 53.1 Å². The first-order valence-electron chi connectivity index (χ1n) is 10.2. The summed E-state index contributed by atoms with van der Waals surface area (Å²) >= 11 is 5.75. The lowest BCUT2D eigenvalue weighted by Crippen LogP contribution is -2.56. The predicted octanol–water partition coefficient (Wildman–Crippen LogP) is 3.03. The zero-order chi connectivity index (χ0) is 21.4. The molecule has 1 aromatic carbocycles. The Bertz CT molecular complexity index is 1080. The number of aromatic nitrogens is 4. The third kappa shape index (κ3) is 4.34. The van der Waals surface area contributed by atoms with Crippen LogP contribution in [0.3, 0.4) is 0 Å². The highest BCUT2D eigenvalue weighted by atomic mass is 35.5. The summed E-state index contributed by atoms with van der Waals surface area (Å²) < 4.78 is 20.5. The molecule has 2 aliphatic rings. The molecule has 10 heteroatoms. The fraction of sp³-hybridized carbons (Fsp3) is 0.381. The number of hydrogen-bond acceptors (Lipinski definition) is 7. The minimum absolute atomic E-state index is 0.0700. The van der Waals surface area contributed by atoms with Crippen molar-refractivity contribution in [3.8, 4) is 5.69 Å². The zero-order valence-electron chi connectivity index (χ0n) is 17.1. The van der Waals surface area contributed by atoms with Gasteiger partial charge in [0, 0.05) is 32.2 Å². The lowest BCUT2D eigenvalue weighted by atomic mass is 10.2. The van der Waals surface area contributed by atoms with Crippen molar-refractivity contribution in [2.75, 3.05) is 49.6 Å². The van der Waals surface area contributed by atoms with Crippen LogP contribution in [-0.2, 0) is 4.74 Å². The molecular formula is C21H23ClFN7O. The number of halogens is 2. The van der Waals surface area contributed by atoms with E-state index in [1.807, 2.05) is 13.0 Å². The van der Waals surface area contributed by atoms with Gasteiger partial charge in [0.1, 0.15) is 23.8 Å². The fourth-order valence-corrected chi connectivity index (χ4v) is 3.93. The van der Waals surface area contributed by atoms with Gasteiger partial charge in [0.15, 0.2) is 0 Å². The van der Waals surface area contributed by atoms with Crippen LogP contribution < -0.4 is 10.2 Å². The molecule has 0 amide bonds. The molecule has 0 atom stereocenters. The average molecular weight is 444 g/mol. The van der Waals surface area contributed by atoms with Gasteiger partial charge in [0.25, 0.3) is 0 Å². The number of nitrogens with one attached hydrogen (secondary N) is 1. The van der Waals surface area contributed by atoms with Crippen LogP contribution in [0.1, 0.15) is 5.56 Å². The van der Waals surface area contributed by atoms with E-state index in [0.29, 0.717) is 23.5 Å². The highest BCUT2D eigenvalue weighted by molar-refractivity contribution is 6.30. The maximum absolute atomic E-state index is 13.7. The Labute approximate surface area is 184 Å². The van der Waals surface area contributed by atoms with Gasteiger partial charge < -0.3 is 15.0 Å². The zero-order valence-corrected chi connectivity index (χ0v) is 17.9. The second-order valence-electron chi connectivity index (χ2n) is 7.84. The second-order valence-corrected chi connectivity index (χ2v) is 8.25. The molecule has 4 heterocycles. The molecule has 31 heavy (non-hydrogen) atoms. The van der Waals surface area contributed by atoms with E-state index in [1.165, 1.54) is 23.1 Å². The van der Waals surface area contributed by atoms with Crippen LogP contribution in [0.5, 0.6) is 0 Å². The molecule has 162 valence electrons. The molecule has 1 N–H and O–H groups in total. The number of anilines is 3. The standard InChI is InChI=1S/C21H23ClFN7O/c1-14-8-19(25-20(9-14)29-6-4-28(5-7-29)16-11-31-12-16)26-21-24-13-30(27-21)15-2-3-17(22)18(23)10-15/h2-3,8-10,13,16H,4-7,11-12H2,1H3,(H,25,26,27). The molecule has 0 unspecified atom stereocenters. The number of benzene rings is 1. The lowest BCUT2D eigenvalue weighted by molar-refractivity contribution is -0.0660. The van der Waals surface area contributed by atoms with Crippen LogP contribution in [0, 0.1) is 12.7 Å². The molecular weight excluding hydrogens is 421 g/mol. The first-order valence-corrected chi connectivity index (χ1v) is 10.6. The number of aryl methyl sites for hydroxylation is 1. The number of ether oxygens (including phenoxy) is 1. The summed E-state index contributed by atoms with van der Waals surface area (Å²) in [5.74, 6) is 1.49. The van der Waals surface area contributed by atoms with Gasteiger partial charge >= 0.3 is 0 Å². The normalized spacial score (nSPS) is 17.6. The third-order valence-electron chi connectivity index (χ3n) is 5.63. The molecule has 0 aliphatic carbocycles. The number of pyridine rings is 1. The number of piperazine rings is 1. The van der Waals surface area contributed by atoms with Crippen molar-refractivity contribution in [1.82, 2.24) is 24.6 Å². The van der Waals surface area contributed by atoms with Crippen LogP contribution in [0.2, 0.25) is 5.02 Å². The summed E-state index contributed by atoms with van der Waals surface area (Å²) in [6, 6.07) is 9.11. The van der Waals surface area contributed by atoms with Gasteiger partial charge in [-0.05, 0) is 36.8 Å². The van der Waals surface area contributed by atoms with Crippen molar-refractivity contribution in [3.63, 3.8) is 0 Å². The summed E-state index contributed by atoms with van der Waals surface area (Å²) in [6.07, 6.45) is 1.52. The molecule has 2 aliphatic heterocycles. The molecule has 0 radical (unpaired) electrons. The van der Waals surface area contributed by atoms with Gasteiger partial charge in [-0.15, -0.1) is 5.10 Å². The molecule has 8 nitrogen and oxygen atoms in total. The maximum atomic E-state index is 13.7. The Morgan fingerprint density at radius 1 is 1.13 bits per heavy atom. The van der Waals surface area contributed by atoms with Gasteiger partial charge in [-0.1, -0.05) is 11.6 Å². The molecule has 0 spiro atoms. The van der Waals surface area contributed by atoms with E-state index in [-0.39, 0.29) is 5.02 Å². The molecule has 5 rings (SSSR count). The summed E-state index contributed by atoms with van der Waals surface area (Å²) in [4.78, 5) is 13.8. The predicted molar refractivity (Wildman–Crippen MR) is 117 cm³/mol. The number of nitrogens with zero attached hydrogens (tertiary/aromatic N) is 6. The van der Waals surface area contributed by atoms with Crippen molar-refractivity contribution in [1.29, 1.82) is 0 Å². The van der Waals surface area contributed by atoms with E-state index in [1.54, 1.807) is 6.07 Å². The Morgan fingerprint density at radius 2 is 1.94 bits per heavy atom. The van der Waals surface area contributed by atoms with E-state index in [4.69, 9.17) is 21.3 Å². The van der Waals surface area contributed by atoms with Crippen molar-refractivity contribution in [2.24, 2.45) is 0 Å². The topological polar surface area (TPSA) is 71.3 Å². The van der Waals surface area contributed by atoms with Crippen molar-refractivity contribution >= 4 is 29.2 Å². The summed E-state index contributed by atoms with van der Waals surface area (Å²) in [6.45, 7) is 7.62. The summed E-state index contributed by atoms with van der Waals surface area (Å²) in [5.41, 5.74) is 1.64. The Morgan fingerprint density at radius 3 is 2.65 bits per heavy atom. The molecule has 2 aromatic heterocycles. The van der Waals surface area contributed by atoms with E-state index in [0.717, 1.165) is 50.8 Å². The summed E-state index contributed by atoms with van der Waals surface area (Å²) in [5, 5.41) is 7.60. The molecule has 0 bridgehead atoms. The first-order chi connectivity index (χ1) is 15.0. The van der Waals surface area contributed by atoms with Crippen LogP contribution >= 0.6 is 11.6 Å². The van der Waals surface area contributed by atoms with Crippen LogP contribution in [0.4, 0.5) is 22.0 Å². The second kappa shape index (κ2) is 8.41. The van der Waals surface area contributed by atoms with Gasteiger partial charge in [0.2, 0.25) is 5.95 Å².